The van der Waals surface area contributed by atoms with E-state index < -0.39 is 0 Å². The molecule has 2 heterocycles. The fourth-order valence-electron chi connectivity index (χ4n) is 2.37. The largest absolute Gasteiger partial charge is 0.283 e. The van der Waals surface area contributed by atoms with E-state index in [1.165, 1.54) is 0 Å². The number of hydrogen-bond acceptors (Lipinski definition) is 3. The third kappa shape index (κ3) is 3.13. The standard InChI is InChI=1S/C18H19ClN4/c1-12-8-9-13(19)11-14(12)21-22-17-16(18(2,3)4)20-15-7-5-6-10-23(15)17/h5-11H,1-4H3. The second-order valence-corrected chi connectivity index (χ2v) is 7.03. The molecule has 0 amide bonds. The van der Waals surface area contributed by atoms with Gasteiger partial charge in [0.15, 0.2) is 5.82 Å². The number of azo groups is 1. The summed E-state index contributed by atoms with van der Waals surface area (Å²) in [6, 6.07) is 11.5. The molecular weight excluding hydrogens is 308 g/mol. The molecule has 3 aromatic rings. The summed E-state index contributed by atoms with van der Waals surface area (Å²) in [6.45, 7) is 8.36. The quantitative estimate of drug-likeness (QED) is 0.532. The van der Waals surface area contributed by atoms with Gasteiger partial charge in [0.05, 0.1) is 11.4 Å². The van der Waals surface area contributed by atoms with Gasteiger partial charge in [-0.1, -0.05) is 44.5 Å². The molecule has 0 atom stereocenters. The lowest BCUT2D eigenvalue weighted by atomic mass is 9.92. The summed E-state index contributed by atoms with van der Waals surface area (Å²) in [5, 5.41) is 9.56. The zero-order chi connectivity index (χ0) is 16.6. The first-order chi connectivity index (χ1) is 10.9. The van der Waals surface area contributed by atoms with Crippen LogP contribution in [0.5, 0.6) is 0 Å². The molecule has 5 heteroatoms. The molecule has 0 bridgehead atoms. The third-order valence-corrected chi connectivity index (χ3v) is 3.87. The van der Waals surface area contributed by atoms with Crippen LogP contribution in [0.3, 0.4) is 0 Å². The number of hydrogen-bond donors (Lipinski definition) is 0. The Balaban J connectivity index is 2.15. The highest BCUT2D eigenvalue weighted by Crippen LogP contribution is 2.33. The molecule has 4 nitrogen and oxygen atoms in total. The van der Waals surface area contributed by atoms with Gasteiger partial charge in [0.2, 0.25) is 0 Å². The van der Waals surface area contributed by atoms with Gasteiger partial charge in [0.1, 0.15) is 5.65 Å². The fraction of sp³-hybridized carbons (Fsp3) is 0.278. The van der Waals surface area contributed by atoms with E-state index in [0.717, 1.165) is 28.4 Å². The maximum absolute atomic E-state index is 6.06. The normalized spacial score (nSPS) is 12.4. The van der Waals surface area contributed by atoms with Gasteiger partial charge in [-0.2, -0.15) is 0 Å². The SMILES string of the molecule is Cc1ccc(Cl)cc1N=Nc1c(C(C)(C)C)nc2ccccn12. The van der Waals surface area contributed by atoms with Crippen LogP contribution < -0.4 is 0 Å². The molecule has 1 aromatic carbocycles. The molecule has 0 aliphatic rings. The molecule has 0 unspecified atom stereocenters. The second kappa shape index (κ2) is 5.78. The van der Waals surface area contributed by atoms with E-state index in [9.17, 15) is 0 Å². The number of nitrogens with zero attached hydrogens (tertiary/aromatic N) is 4. The van der Waals surface area contributed by atoms with Crippen LogP contribution in [0.4, 0.5) is 11.5 Å². The Morgan fingerprint density at radius 3 is 2.61 bits per heavy atom. The van der Waals surface area contributed by atoms with Crippen molar-refractivity contribution in [3.8, 4) is 0 Å². The molecule has 0 aliphatic heterocycles. The molecule has 0 N–H and O–H groups in total. The van der Waals surface area contributed by atoms with Crippen molar-refractivity contribution < 1.29 is 0 Å². The van der Waals surface area contributed by atoms with Gasteiger partial charge in [0, 0.05) is 16.6 Å². The van der Waals surface area contributed by atoms with E-state index in [2.05, 4.69) is 31.0 Å². The minimum absolute atomic E-state index is 0.121. The monoisotopic (exact) mass is 326 g/mol. The summed E-state index contributed by atoms with van der Waals surface area (Å²) in [7, 11) is 0. The van der Waals surface area contributed by atoms with Gasteiger partial charge < -0.3 is 0 Å². The fourth-order valence-corrected chi connectivity index (χ4v) is 2.54. The summed E-state index contributed by atoms with van der Waals surface area (Å²) in [5.41, 5.74) is 3.47. The van der Waals surface area contributed by atoms with Crippen molar-refractivity contribution in [1.29, 1.82) is 0 Å². The zero-order valence-corrected chi connectivity index (χ0v) is 14.5. The molecule has 0 saturated heterocycles. The van der Waals surface area contributed by atoms with Crippen LogP contribution in [0.25, 0.3) is 5.65 Å². The Morgan fingerprint density at radius 2 is 1.87 bits per heavy atom. The molecule has 0 radical (unpaired) electrons. The first-order valence-electron chi connectivity index (χ1n) is 7.52. The molecule has 2 aromatic heterocycles. The highest BCUT2D eigenvalue weighted by Gasteiger charge is 2.24. The number of rotatable bonds is 2. The van der Waals surface area contributed by atoms with Gasteiger partial charge in [0.25, 0.3) is 0 Å². The number of pyridine rings is 1. The third-order valence-electron chi connectivity index (χ3n) is 3.64. The van der Waals surface area contributed by atoms with Crippen LogP contribution in [0.1, 0.15) is 32.0 Å². The summed E-state index contributed by atoms with van der Waals surface area (Å²) in [5.74, 6) is 0.757. The Morgan fingerprint density at radius 1 is 1.09 bits per heavy atom. The van der Waals surface area contributed by atoms with E-state index in [1.54, 1.807) is 0 Å². The van der Waals surface area contributed by atoms with Crippen molar-refractivity contribution in [2.45, 2.75) is 33.1 Å². The zero-order valence-electron chi connectivity index (χ0n) is 13.7. The topological polar surface area (TPSA) is 42.0 Å². The Bertz CT molecular complexity index is 888. The Labute approximate surface area is 140 Å². The Hall–Kier alpha value is -2.20. The number of fused-ring (bicyclic) bond motifs is 1. The lowest BCUT2D eigenvalue weighted by Crippen LogP contribution is -2.11. The highest BCUT2D eigenvalue weighted by molar-refractivity contribution is 6.30. The van der Waals surface area contributed by atoms with E-state index in [-0.39, 0.29) is 5.41 Å². The number of benzene rings is 1. The van der Waals surface area contributed by atoms with Crippen molar-refractivity contribution >= 4 is 28.8 Å². The molecule has 118 valence electrons. The number of halogens is 1. The minimum atomic E-state index is -0.121. The average Bonchev–Trinajstić information content (AvgIpc) is 2.87. The van der Waals surface area contributed by atoms with Crippen LogP contribution in [0.2, 0.25) is 5.02 Å². The predicted octanol–water partition coefficient (Wildman–Crippen LogP) is 6.01. The van der Waals surface area contributed by atoms with Gasteiger partial charge >= 0.3 is 0 Å². The van der Waals surface area contributed by atoms with E-state index in [0.29, 0.717) is 5.02 Å². The van der Waals surface area contributed by atoms with Crippen molar-refractivity contribution in [3.63, 3.8) is 0 Å². The van der Waals surface area contributed by atoms with Crippen LogP contribution >= 0.6 is 11.6 Å². The highest BCUT2D eigenvalue weighted by atomic mass is 35.5. The van der Waals surface area contributed by atoms with Crippen molar-refractivity contribution in [1.82, 2.24) is 9.38 Å². The van der Waals surface area contributed by atoms with Gasteiger partial charge in [-0.05, 0) is 36.8 Å². The number of aryl methyl sites for hydroxylation is 1. The first kappa shape index (κ1) is 15.7. The molecule has 0 aliphatic carbocycles. The smallest absolute Gasteiger partial charge is 0.183 e. The maximum Gasteiger partial charge on any atom is 0.183 e. The lowest BCUT2D eigenvalue weighted by molar-refractivity contribution is 0.574. The van der Waals surface area contributed by atoms with Crippen LogP contribution in [-0.4, -0.2) is 9.38 Å². The number of aromatic nitrogens is 2. The van der Waals surface area contributed by atoms with Crippen molar-refractivity contribution in [3.05, 3.63) is 58.9 Å². The summed E-state index contributed by atoms with van der Waals surface area (Å²) < 4.78 is 1.96. The van der Waals surface area contributed by atoms with Gasteiger partial charge in [-0.15, -0.1) is 10.2 Å². The molecule has 0 fully saturated rings. The van der Waals surface area contributed by atoms with E-state index in [1.807, 2.05) is 53.9 Å². The number of imidazole rings is 1. The van der Waals surface area contributed by atoms with Crippen molar-refractivity contribution in [2.75, 3.05) is 0 Å². The molecule has 23 heavy (non-hydrogen) atoms. The summed E-state index contributed by atoms with van der Waals surface area (Å²) in [4.78, 5) is 4.72. The minimum Gasteiger partial charge on any atom is -0.283 e. The second-order valence-electron chi connectivity index (χ2n) is 6.59. The van der Waals surface area contributed by atoms with E-state index >= 15 is 0 Å². The van der Waals surface area contributed by atoms with Crippen LogP contribution in [0, 0.1) is 6.92 Å². The van der Waals surface area contributed by atoms with Gasteiger partial charge in [-0.3, -0.25) is 4.40 Å². The average molecular weight is 327 g/mol. The molecule has 0 saturated carbocycles. The molecular formula is C18H19ClN4. The van der Waals surface area contributed by atoms with Crippen LogP contribution in [0.15, 0.2) is 52.8 Å². The maximum atomic E-state index is 6.06. The molecule has 0 spiro atoms. The predicted molar refractivity (Wildman–Crippen MR) is 94.3 cm³/mol. The van der Waals surface area contributed by atoms with E-state index in [4.69, 9.17) is 16.6 Å². The molecule has 3 rings (SSSR count). The Kier molecular flexibility index (Phi) is 3.94. The lowest BCUT2D eigenvalue weighted by Gasteiger charge is -2.15. The first-order valence-corrected chi connectivity index (χ1v) is 7.89. The van der Waals surface area contributed by atoms with Crippen LogP contribution in [-0.2, 0) is 5.41 Å². The van der Waals surface area contributed by atoms with Gasteiger partial charge in [-0.25, -0.2) is 4.98 Å². The van der Waals surface area contributed by atoms with Crippen molar-refractivity contribution in [2.24, 2.45) is 10.2 Å². The summed E-state index contributed by atoms with van der Waals surface area (Å²) in [6.07, 6.45) is 1.96. The summed E-state index contributed by atoms with van der Waals surface area (Å²) >= 11 is 6.06.